The molecule has 23 heavy (non-hydrogen) atoms. The van der Waals surface area contributed by atoms with Crippen molar-refractivity contribution >= 4 is 23.4 Å². The zero-order valence-corrected chi connectivity index (χ0v) is 12.8. The number of hydrogen-bond donors (Lipinski definition) is 1. The first-order chi connectivity index (χ1) is 11.0. The van der Waals surface area contributed by atoms with Crippen LogP contribution < -0.4 is 5.32 Å². The summed E-state index contributed by atoms with van der Waals surface area (Å²) < 4.78 is 13.8. The van der Waals surface area contributed by atoms with Gasteiger partial charge in [0.1, 0.15) is 5.82 Å². The monoisotopic (exact) mass is 332 g/mol. The topological polar surface area (TPSA) is 72.2 Å². The first-order valence-electron chi connectivity index (χ1n) is 6.63. The third kappa shape index (κ3) is 4.17. The lowest BCUT2D eigenvalue weighted by Crippen LogP contribution is -2.23. The third-order valence-corrected chi connectivity index (χ3v) is 4.01. The molecule has 0 spiro atoms. The van der Waals surface area contributed by atoms with Crippen molar-refractivity contribution in [3.63, 3.8) is 0 Å². The number of nitro benzene ring substituents is 1. The summed E-state index contributed by atoms with van der Waals surface area (Å²) in [5, 5.41) is 13.5. The van der Waals surface area contributed by atoms with Gasteiger partial charge in [0.15, 0.2) is 0 Å². The van der Waals surface area contributed by atoms with E-state index in [9.17, 15) is 19.3 Å². The number of non-ortho nitro benzene ring substituents is 1. The van der Waals surface area contributed by atoms with Crippen LogP contribution in [0.4, 0.5) is 10.1 Å². The molecule has 0 bridgehead atoms. The van der Waals surface area contributed by atoms with E-state index >= 15 is 0 Å². The second-order valence-electron chi connectivity index (χ2n) is 4.47. The highest BCUT2D eigenvalue weighted by Gasteiger charge is 2.18. The molecule has 2 aromatic carbocycles. The van der Waals surface area contributed by atoms with Crippen molar-refractivity contribution in [2.75, 3.05) is 6.54 Å². The molecule has 0 atom stereocenters. The molecule has 0 saturated heterocycles. The fourth-order valence-electron chi connectivity index (χ4n) is 1.80. The van der Waals surface area contributed by atoms with Crippen LogP contribution in [0.2, 0.25) is 0 Å². The van der Waals surface area contributed by atoms with Crippen LogP contribution in [-0.2, 0) is 0 Å². The molecule has 5 nitrogen and oxygen atoms in total. The number of hydrogen-bond acceptors (Lipinski definition) is 4. The predicted octanol–water partition coefficient (Wildman–Crippen LogP) is 3.80. The molecule has 1 N–H and O–H groups in total. The van der Waals surface area contributed by atoms with Crippen LogP contribution in [0, 0.1) is 15.9 Å². The summed E-state index contributed by atoms with van der Waals surface area (Å²) in [5.41, 5.74) is -0.0825. The van der Waals surface area contributed by atoms with E-state index in [1.54, 1.807) is 18.2 Å². The Morgan fingerprint density at radius 3 is 2.70 bits per heavy atom. The molecule has 0 aliphatic heterocycles. The molecule has 0 fully saturated rings. The molecule has 0 unspecified atom stereocenters. The van der Waals surface area contributed by atoms with Crippen molar-refractivity contribution in [3.8, 4) is 0 Å². The van der Waals surface area contributed by atoms with Crippen LogP contribution in [0.5, 0.6) is 0 Å². The van der Waals surface area contributed by atoms with Crippen LogP contribution in [-0.4, -0.2) is 17.4 Å². The summed E-state index contributed by atoms with van der Waals surface area (Å²) in [6.07, 6.45) is 1.50. The summed E-state index contributed by atoms with van der Waals surface area (Å²) in [6, 6.07) is 10.0. The molecule has 0 aromatic heterocycles. The van der Waals surface area contributed by atoms with Crippen LogP contribution in [0.3, 0.4) is 0 Å². The van der Waals surface area contributed by atoms with Gasteiger partial charge in [-0.15, -0.1) is 6.58 Å². The molecule has 0 heterocycles. The molecule has 0 radical (unpaired) electrons. The summed E-state index contributed by atoms with van der Waals surface area (Å²) in [6.45, 7) is 3.72. The third-order valence-electron chi connectivity index (χ3n) is 2.88. The Morgan fingerprint density at radius 2 is 2.04 bits per heavy atom. The Balaban J connectivity index is 2.41. The summed E-state index contributed by atoms with van der Waals surface area (Å²) in [4.78, 5) is 23.3. The Morgan fingerprint density at radius 1 is 1.30 bits per heavy atom. The van der Waals surface area contributed by atoms with E-state index in [-0.39, 0.29) is 17.8 Å². The van der Waals surface area contributed by atoms with Gasteiger partial charge in [-0.3, -0.25) is 14.9 Å². The number of halogens is 1. The Bertz CT molecular complexity index is 765. The zero-order valence-electron chi connectivity index (χ0n) is 12.0. The SMILES string of the molecule is C=CCNC(=O)c1cc([N+](=O)[O-])ccc1Sc1ccccc1F. The Hall–Kier alpha value is -2.67. The van der Waals surface area contributed by atoms with E-state index in [0.717, 1.165) is 11.8 Å². The van der Waals surface area contributed by atoms with Crippen LogP contribution in [0.25, 0.3) is 0 Å². The van der Waals surface area contributed by atoms with Gasteiger partial charge in [-0.2, -0.15) is 0 Å². The fraction of sp³-hybridized carbons (Fsp3) is 0.0625. The highest BCUT2D eigenvalue weighted by Crippen LogP contribution is 2.33. The molecule has 2 aromatic rings. The number of carbonyl (C=O) groups excluding carboxylic acids is 1. The fourth-order valence-corrected chi connectivity index (χ4v) is 2.75. The molecule has 0 saturated carbocycles. The molecule has 118 valence electrons. The maximum atomic E-state index is 13.8. The van der Waals surface area contributed by atoms with E-state index in [2.05, 4.69) is 11.9 Å². The van der Waals surface area contributed by atoms with Gasteiger partial charge in [-0.1, -0.05) is 30.0 Å². The van der Waals surface area contributed by atoms with E-state index in [0.29, 0.717) is 9.79 Å². The standard InChI is InChI=1S/C16H13FN2O3S/c1-2-9-18-16(20)12-10-11(19(21)22)7-8-14(12)23-15-6-4-3-5-13(15)17/h2-8,10H,1,9H2,(H,18,20). The Labute approximate surface area is 136 Å². The lowest BCUT2D eigenvalue weighted by atomic mass is 10.2. The molecule has 2 rings (SSSR count). The van der Waals surface area contributed by atoms with Crippen LogP contribution >= 0.6 is 11.8 Å². The average molecular weight is 332 g/mol. The van der Waals surface area contributed by atoms with Crippen molar-refractivity contribution in [3.05, 3.63) is 76.6 Å². The van der Waals surface area contributed by atoms with E-state index in [1.807, 2.05) is 0 Å². The second-order valence-corrected chi connectivity index (χ2v) is 5.55. The van der Waals surface area contributed by atoms with Gasteiger partial charge >= 0.3 is 0 Å². The number of benzene rings is 2. The van der Waals surface area contributed by atoms with Gasteiger partial charge in [0.05, 0.1) is 10.5 Å². The van der Waals surface area contributed by atoms with E-state index < -0.39 is 16.6 Å². The maximum absolute atomic E-state index is 13.8. The number of carbonyl (C=O) groups is 1. The molecule has 0 aliphatic rings. The van der Waals surface area contributed by atoms with Gasteiger partial charge in [0, 0.05) is 28.5 Å². The van der Waals surface area contributed by atoms with E-state index in [4.69, 9.17) is 0 Å². The number of nitrogens with one attached hydrogen (secondary N) is 1. The largest absolute Gasteiger partial charge is 0.349 e. The molecular formula is C16H13FN2O3S. The van der Waals surface area contributed by atoms with Crippen molar-refractivity contribution < 1.29 is 14.1 Å². The highest BCUT2D eigenvalue weighted by molar-refractivity contribution is 7.99. The first-order valence-corrected chi connectivity index (χ1v) is 7.44. The number of nitrogens with zero attached hydrogens (tertiary/aromatic N) is 1. The molecule has 7 heteroatoms. The zero-order chi connectivity index (χ0) is 16.8. The lowest BCUT2D eigenvalue weighted by molar-refractivity contribution is -0.384. The van der Waals surface area contributed by atoms with Gasteiger partial charge in [-0.25, -0.2) is 4.39 Å². The van der Waals surface area contributed by atoms with Gasteiger partial charge < -0.3 is 5.32 Å². The average Bonchev–Trinajstić information content (AvgIpc) is 2.54. The summed E-state index contributed by atoms with van der Waals surface area (Å²) >= 11 is 1.04. The summed E-state index contributed by atoms with van der Waals surface area (Å²) in [5.74, 6) is -0.902. The highest BCUT2D eigenvalue weighted by atomic mass is 32.2. The van der Waals surface area contributed by atoms with Crippen molar-refractivity contribution in [1.82, 2.24) is 5.32 Å². The summed E-state index contributed by atoms with van der Waals surface area (Å²) in [7, 11) is 0. The molecule has 1 amide bonds. The van der Waals surface area contributed by atoms with Crippen molar-refractivity contribution in [2.45, 2.75) is 9.79 Å². The molecular weight excluding hydrogens is 319 g/mol. The van der Waals surface area contributed by atoms with Crippen molar-refractivity contribution in [2.24, 2.45) is 0 Å². The minimum Gasteiger partial charge on any atom is -0.349 e. The Kier molecular flexibility index (Phi) is 5.48. The minimum atomic E-state index is -0.582. The van der Waals surface area contributed by atoms with Crippen molar-refractivity contribution in [1.29, 1.82) is 0 Å². The van der Waals surface area contributed by atoms with Gasteiger partial charge in [-0.05, 0) is 18.2 Å². The smallest absolute Gasteiger partial charge is 0.270 e. The number of amides is 1. The predicted molar refractivity (Wildman–Crippen MR) is 86.1 cm³/mol. The maximum Gasteiger partial charge on any atom is 0.270 e. The second kappa shape index (κ2) is 7.55. The van der Waals surface area contributed by atoms with E-state index in [1.165, 1.54) is 30.3 Å². The molecule has 0 aliphatic carbocycles. The lowest BCUT2D eigenvalue weighted by Gasteiger charge is -2.09. The quantitative estimate of drug-likeness (QED) is 0.496. The first kappa shape index (κ1) is 16.7. The number of nitro groups is 1. The number of rotatable bonds is 6. The van der Waals surface area contributed by atoms with Crippen LogP contribution in [0.1, 0.15) is 10.4 Å². The van der Waals surface area contributed by atoms with Gasteiger partial charge in [0.2, 0.25) is 0 Å². The normalized spacial score (nSPS) is 10.1. The minimum absolute atomic E-state index is 0.120. The van der Waals surface area contributed by atoms with Crippen LogP contribution in [0.15, 0.2) is 64.9 Å². The van der Waals surface area contributed by atoms with Gasteiger partial charge in [0.25, 0.3) is 11.6 Å².